The van der Waals surface area contributed by atoms with Crippen LogP contribution in [0, 0.1) is 5.92 Å². The summed E-state index contributed by atoms with van der Waals surface area (Å²) in [6.07, 6.45) is 0. The van der Waals surface area contributed by atoms with E-state index in [1.165, 1.54) is 0 Å². The van der Waals surface area contributed by atoms with E-state index in [9.17, 15) is 4.79 Å². The first-order valence-corrected chi connectivity index (χ1v) is 10.5. The van der Waals surface area contributed by atoms with Crippen molar-refractivity contribution in [3.63, 3.8) is 0 Å². The average molecular weight is 418 g/mol. The molecule has 0 spiro atoms. The van der Waals surface area contributed by atoms with Gasteiger partial charge in [0, 0.05) is 11.3 Å². The van der Waals surface area contributed by atoms with Gasteiger partial charge in [-0.2, -0.15) is 0 Å². The molecule has 0 aliphatic carbocycles. The smallest absolute Gasteiger partial charge is 0.255 e. The summed E-state index contributed by atoms with van der Waals surface area (Å²) >= 11 is 6.42. The molecule has 0 radical (unpaired) electrons. The van der Waals surface area contributed by atoms with Gasteiger partial charge < -0.3 is 14.8 Å². The fourth-order valence-corrected chi connectivity index (χ4v) is 3.39. The highest BCUT2D eigenvalue weighted by Crippen LogP contribution is 2.38. The summed E-state index contributed by atoms with van der Waals surface area (Å²) in [6, 6.07) is 9.46. The van der Waals surface area contributed by atoms with E-state index in [-0.39, 0.29) is 17.7 Å². The summed E-state index contributed by atoms with van der Waals surface area (Å²) in [5.41, 5.74) is 3.52. The van der Waals surface area contributed by atoms with Crippen LogP contribution in [0.4, 0.5) is 5.69 Å². The molecule has 2 rings (SSSR count). The molecule has 2 aromatic carbocycles. The Labute approximate surface area is 179 Å². The van der Waals surface area contributed by atoms with Gasteiger partial charge in [-0.3, -0.25) is 4.79 Å². The van der Waals surface area contributed by atoms with Crippen LogP contribution >= 0.6 is 11.6 Å². The Balaban J connectivity index is 2.40. The van der Waals surface area contributed by atoms with E-state index in [0.29, 0.717) is 34.6 Å². The van der Waals surface area contributed by atoms with Crippen LogP contribution in [-0.2, 0) is 0 Å². The van der Waals surface area contributed by atoms with Crippen LogP contribution in [0.15, 0.2) is 30.3 Å². The molecule has 0 saturated heterocycles. The van der Waals surface area contributed by atoms with E-state index in [1.807, 2.05) is 6.07 Å². The molecule has 5 heteroatoms. The van der Waals surface area contributed by atoms with Crippen LogP contribution < -0.4 is 14.8 Å². The lowest BCUT2D eigenvalue weighted by atomic mass is 9.92. The summed E-state index contributed by atoms with van der Waals surface area (Å²) < 4.78 is 11.2. The van der Waals surface area contributed by atoms with Crippen molar-refractivity contribution >= 4 is 23.2 Å². The minimum atomic E-state index is -0.226. The number of hydrogen-bond acceptors (Lipinski definition) is 3. The van der Waals surface area contributed by atoms with Crippen molar-refractivity contribution in [1.82, 2.24) is 0 Å². The average Bonchev–Trinajstić information content (AvgIpc) is 2.65. The molecule has 0 aromatic heterocycles. The third-order valence-electron chi connectivity index (χ3n) is 4.66. The van der Waals surface area contributed by atoms with Crippen molar-refractivity contribution in [2.75, 3.05) is 19.0 Å². The molecule has 2 aromatic rings. The van der Waals surface area contributed by atoms with Crippen molar-refractivity contribution < 1.29 is 14.3 Å². The SMILES string of the molecule is COc1cc(C(=O)Nc2c(C(C)C)cccc2C(C)C)cc(Cl)c1OCC(C)C. The summed E-state index contributed by atoms with van der Waals surface area (Å²) in [5.74, 6) is 1.61. The first-order chi connectivity index (χ1) is 13.6. The fourth-order valence-electron chi connectivity index (χ4n) is 3.12. The van der Waals surface area contributed by atoms with E-state index in [0.717, 1.165) is 16.8 Å². The highest BCUT2D eigenvalue weighted by atomic mass is 35.5. The van der Waals surface area contributed by atoms with Crippen LogP contribution in [-0.4, -0.2) is 19.6 Å². The van der Waals surface area contributed by atoms with Crippen LogP contribution in [0.5, 0.6) is 11.5 Å². The molecule has 0 aliphatic heterocycles. The van der Waals surface area contributed by atoms with Crippen molar-refractivity contribution in [1.29, 1.82) is 0 Å². The molecule has 1 N–H and O–H groups in total. The standard InChI is InChI=1S/C24H32ClNO3/c1-14(2)13-29-23-20(25)11-17(12-21(23)28-7)24(27)26-22-18(15(3)4)9-8-10-19(22)16(5)6/h8-12,14-16H,13H2,1-7H3,(H,26,27). The first-order valence-electron chi connectivity index (χ1n) is 10.1. The van der Waals surface area contributed by atoms with Gasteiger partial charge in [-0.15, -0.1) is 0 Å². The molecule has 0 fully saturated rings. The Morgan fingerprint density at radius 2 is 1.62 bits per heavy atom. The Hall–Kier alpha value is -2.20. The Morgan fingerprint density at radius 3 is 2.10 bits per heavy atom. The van der Waals surface area contributed by atoms with E-state index in [2.05, 4.69) is 59.0 Å². The van der Waals surface area contributed by atoms with Crippen LogP contribution in [0.25, 0.3) is 0 Å². The van der Waals surface area contributed by atoms with Crippen molar-refractivity contribution in [3.8, 4) is 11.5 Å². The van der Waals surface area contributed by atoms with E-state index < -0.39 is 0 Å². The van der Waals surface area contributed by atoms with Crippen LogP contribution in [0.2, 0.25) is 5.02 Å². The number of benzene rings is 2. The van der Waals surface area contributed by atoms with Gasteiger partial charge in [0.1, 0.15) is 0 Å². The molecule has 0 saturated carbocycles. The van der Waals surface area contributed by atoms with Gasteiger partial charge in [0.25, 0.3) is 5.91 Å². The van der Waals surface area contributed by atoms with Crippen molar-refractivity contribution in [2.45, 2.75) is 53.4 Å². The van der Waals surface area contributed by atoms with E-state index >= 15 is 0 Å². The van der Waals surface area contributed by atoms with Crippen LogP contribution in [0.3, 0.4) is 0 Å². The second-order valence-corrected chi connectivity index (χ2v) is 8.68. The summed E-state index contributed by atoms with van der Waals surface area (Å²) in [4.78, 5) is 13.1. The number of halogens is 1. The molecule has 29 heavy (non-hydrogen) atoms. The molecule has 0 atom stereocenters. The third kappa shape index (κ3) is 5.66. The Morgan fingerprint density at radius 1 is 1.03 bits per heavy atom. The quantitative estimate of drug-likeness (QED) is 0.509. The first kappa shape index (κ1) is 23.1. The minimum Gasteiger partial charge on any atom is -0.493 e. The second kappa shape index (κ2) is 10.0. The lowest BCUT2D eigenvalue weighted by molar-refractivity contribution is 0.102. The summed E-state index contributed by atoms with van der Waals surface area (Å²) in [5, 5.41) is 3.47. The van der Waals surface area contributed by atoms with Crippen molar-refractivity contribution in [3.05, 3.63) is 52.0 Å². The number of methoxy groups -OCH3 is 1. The molecule has 4 nitrogen and oxygen atoms in total. The van der Waals surface area contributed by atoms with Gasteiger partial charge in [-0.05, 0) is 41.0 Å². The summed E-state index contributed by atoms with van der Waals surface area (Å²) in [7, 11) is 1.54. The number of hydrogen-bond donors (Lipinski definition) is 1. The monoisotopic (exact) mass is 417 g/mol. The Bertz CT molecular complexity index is 833. The van der Waals surface area contributed by atoms with Gasteiger partial charge in [-0.25, -0.2) is 0 Å². The van der Waals surface area contributed by atoms with Crippen LogP contribution in [0.1, 0.15) is 74.9 Å². The maximum atomic E-state index is 13.1. The zero-order valence-electron chi connectivity index (χ0n) is 18.4. The number of rotatable bonds is 8. The zero-order chi connectivity index (χ0) is 21.7. The molecule has 0 bridgehead atoms. The molecule has 0 heterocycles. The number of ether oxygens (including phenoxy) is 2. The topological polar surface area (TPSA) is 47.6 Å². The maximum Gasteiger partial charge on any atom is 0.255 e. The summed E-state index contributed by atoms with van der Waals surface area (Å²) in [6.45, 7) is 13.1. The largest absolute Gasteiger partial charge is 0.493 e. The number of carbonyl (C=O) groups is 1. The lowest BCUT2D eigenvalue weighted by Gasteiger charge is -2.21. The molecule has 1 amide bonds. The molecule has 0 unspecified atom stereocenters. The fraction of sp³-hybridized carbons (Fsp3) is 0.458. The third-order valence-corrected chi connectivity index (χ3v) is 4.94. The maximum absolute atomic E-state index is 13.1. The number of nitrogens with one attached hydrogen (secondary N) is 1. The predicted molar refractivity (Wildman–Crippen MR) is 121 cm³/mol. The highest BCUT2D eigenvalue weighted by molar-refractivity contribution is 6.32. The Kier molecular flexibility index (Phi) is 7.97. The number of amides is 1. The minimum absolute atomic E-state index is 0.226. The van der Waals surface area contributed by atoms with E-state index in [4.69, 9.17) is 21.1 Å². The normalized spacial score (nSPS) is 11.3. The molecular formula is C24H32ClNO3. The predicted octanol–water partition coefficient (Wildman–Crippen LogP) is 6.88. The number of para-hydroxylation sites is 1. The molecule has 158 valence electrons. The van der Waals surface area contributed by atoms with Gasteiger partial charge in [0.15, 0.2) is 11.5 Å². The van der Waals surface area contributed by atoms with Gasteiger partial charge in [-0.1, -0.05) is 71.3 Å². The second-order valence-electron chi connectivity index (χ2n) is 8.27. The molecule has 0 aliphatic rings. The van der Waals surface area contributed by atoms with E-state index in [1.54, 1.807) is 19.2 Å². The van der Waals surface area contributed by atoms with Gasteiger partial charge in [0.2, 0.25) is 0 Å². The zero-order valence-corrected chi connectivity index (χ0v) is 19.2. The lowest BCUT2D eigenvalue weighted by Crippen LogP contribution is -2.16. The number of carbonyl (C=O) groups excluding carboxylic acids is 1. The molecular weight excluding hydrogens is 386 g/mol. The number of anilines is 1. The highest BCUT2D eigenvalue weighted by Gasteiger charge is 2.20. The van der Waals surface area contributed by atoms with Crippen molar-refractivity contribution in [2.24, 2.45) is 5.92 Å². The van der Waals surface area contributed by atoms with Gasteiger partial charge >= 0.3 is 0 Å². The van der Waals surface area contributed by atoms with Gasteiger partial charge in [0.05, 0.1) is 18.7 Å².